The van der Waals surface area contributed by atoms with Crippen LogP contribution in [0.4, 0.5) is 10.1 Å². The van der Waals surface area contributed by atoms with Crippen LogP contribution in [0.25, 0.3) is 0 Å². The van der Waals surface area contributed by atoms with E-state index in [1.165, 1.54) is 6.07 Å². The van der Waals surface area contributed by atoms with E-state index in [-0.39, 0.29) is 22.6 Å². The lowest BCUT2D eigenvalue weighted by atomic mass is 9.64. The van der Waals surface area contributed by atoms with Crippen molar-refractivity contribution >= 4 is 33.1 Å². The van der Waals surface area contributed by atoms with Gasteiger partial charge in [0.1, 0.15) is 28.3 Å². The molecule has 9 heteroatoms. The molecule has 2 aromatic rings. The van der Waals surface area contributed by atoms with Crippen molar-refractivity contribution in [1.82, 2.24) is 4.90 Å². The quantitative estimate of drug-likeness (QED) is 0.705. The van der Waals surface area contributed by atoms with Gasteiger partial charge in [-0.3, -0.25) is 9.52 Å². The molecule has 1 N–H and O–H groups in total. The number of ketones is 1. The molecule has 0 bridgehead atoms. The van der Waals surface area contributed by atoms with Gasteiger partial charge >= 0.3 is 0 Å². The number of fused-ring (bicyclic) bond motifs is 2. The minimum absolute atomic E-state index is 0.0299. The van der Waals surface area contributed by atoms with Crippen LogP contribution in [0.3, 0.4) is 0 Å². The molecule has 1 heterocycles. The summed E-state index contributed by atoms with van der Waals surface area (Å²) < 4.78 is 48.9. The van der Waals surface area contributed by atoms with Gasteiger partial charge in [-0.05, 0) is 56.1 Å². The van der Waals surface area contributed by atoms with E-state index in [9.17, 15) is 17.6 Å². The SMILES string of the molecule is CN1CCC(Oc2cc(NS(=O)(=O)c3ccc(Cl)cc3F)cc3c2CC(=O)C32CCC2)C1. The normalized spacial score (nSPS) is 22.1. The highest BCUT2D eigenvalue weighted by Crippen LogP contribution is 2.53. The number of nitrogens with one attached hydrogen (secondary N) is 1. The van der Waals surface area contributed by atoms with Crippen molar-refractivity contribution in [3.8, 4) is 5.75 Å². The number of nitrogens with zero attached hydrogens (tertiary/aromatic N) is 1. The maximum atomic E-state index is 14.3. The molecule has 1 unspecified atom stereocenters. The van der Waals surface area contributed by atoms with Gasteiger partial charge in [-0.25, -0.2) is 12.8 Å². The first-order valence-electron chi connectivity index (χ1n) is 10.7. The first-order chi connectivity index (χ1) is 15.2. The monoisotopic (exact) mass is 478 g/mol. The standard InChI is InChI=1S/C23H24ClFN2O4S/c1-27-8-5-16(13-27)31-20-11-15(10-18-17(20)12-22(28)23(18)6-2-7-23)26-32(29,30)21-4-3-14(24)9-19(21)25/h3-4,9-11,16,26H,2,5-8,12-13H2,1H3. The van der Waals surface area contributed by atoms with Gasteiger partial charge in [0.05, 0.1) is 11.1 Å². The van der Waals surface area contributed by atoms with Crippen LogP contribution in [0.2, 0.25) is 5.02 Å². The molecule has 0 amide bonds. The molecule has 2 aliphatic carbocycles. The van der Waals surface area contributed by atoms with Crippen LogP contribution >= 0.6 is 11.6 Å². The number of Topliss-reactive ketones (excluding diaryl/α,β-unsaturated/α-hetero) is 1. The maximum Gasteiger partial charge on any atom is 0.264 e. The van der Waals surface area contributed by atoms with E-state index >= 15 is 0 Å². The molecule has 32 heavy (non-hydrogen) atoms. The second kappa shape index (κ2) is 7.71. The van der Waals surface area contributed by atoms with Crippen molar-refractivity contribution in [2.45, 2.75) is 48.5 Å². The van der Waals surface area contributed by atoms with Crippen molar-refractivity contribution in [1.29, 1.82) is 0 Å². The molecule has 0 radical (unpaired) electrons. The molecule has 1 saturated heterocycles. The number of likely N-dealkylation sites (tertiary alicyclic amines) is 1. The summed E-state index contributed by atoms with van der Waals surface area (Å²) in [6.07, 6.45) is 3.60. The number of carbonyl (C=O) groups is 1. The summed E-state index contributed by atoms with van der Waals surface area (Å²) in [5.41, 5.74) is 1.41. The Morgan fingerprint density at radius 1 is 1.25 bits per heavy atom. The molecular formula is C23H24ClFN2O4S. The fourth-order valence-electron chi connectivity index (χ4n) is 5.05. The van der Waals surface area contributed by atoms with E-state index in [1.807, 2.05) is 7.05 Å². The Labute approximate surface area is 191 Å². The Kier molecular flexibility index (Phi) is 5.22. The van der Waals surface area contributed by atoms with Gasteiger partial charge in [0.2, 0.25) is 0 Å². The van der Waals surface area contributed by atoms with E-state index in [0.29, 0.717) is 12.2 Å². The molecule has 1 saturated carbocycles. The van der Waals surface area contributed by atoms with Crippen LogP contribution in [-0.4, -0.2) is 45.3 Å². The number of sulfonamides is 1. The van der Waals surface area contributed by atoms with Gasteiger partial charge < -0.3 is 9.64 Å². The Morgan fingerprint density at radius 2 is 2.03 bits per heavy atom. The van der Waals surface area contributed by atoms with Crippen molar-refractivity contribution < 1.29 is 22.3 Å². The smallest absolute Gasteiger partial charge is 0.264 e. The topological polar surface area (TPSA) is 75.7 Å². The summed E-state index contributed by atoms with van der Waals surface area (Å²) in [6.45, 7) is 1.68. The third kappa shape index (κ3) is 3.58. The molecular weight excluding hydrogens is 455 g/mol. The predicted octanol–water partition coefficient (Wildman–Crippen LogP) is 3.91. The highest BCUT2D eigenvalue weighted by molar-refractivity contribution is 7.92. The fourth-order valence-corrected chi connectivity index (χ4v) is 6.31. The van der Waals surface area contributed by atoms with Crippen molar-refractivity contribution in [3.05, 3.63) is 52.3 Å². The fraction of sp³-hybridized carbons (Fsp3) is 0.435. The zero-order valence-electron chi connectivity index (χ0n) is 17.7. The lowest BCUT2D eigenvalue weighted by molar-refractivity contribution is -0.125. The summed E-state index contributed by atoms with van der Waals surface area (Å²) in [4.78, 5) is 14.6. The Hall–Kier alpha value is -2.16. The zero-order chi connectivity index (χ0) is 22.7. The maximum absolute atomic E-state index is 14.3. The summed E-state index contributed by atoms with van der Waals surface area (Å²) in [6, 6.07) is 6.77. The van der Waals surface area contributed by atoms with E-state index in [4.69, 9.17) is 16.3 Å². The van der Waals surface area contributed by atoms with Gasteiger partial charge in [0.25, 0.3) is 10.0 Å². The molecule has 3 aliphatic rings. The third-order valence-corrected chi connectivity index (χ3v) is 8.53. The Morgan fingerprint density at radius 3 is 2.66 bits per heavy atom. The highest BCUT2D eigenvalue weighted by atomic mass is 35.5. The molecule has 1 aliphatic heterocycles. The number of carbonyl (C=O) groups excluding carboxylic acids is 1. The average Bonchev–Trinajstić information content (AvgIpc) is 3.20. The summed E-state index contributed by atoms with van der Waals surface area (Å²) in [7, 11) is -2.18. The van der Waals surface area contributed by atoms with E-state index in [0.717, 1.165) is 62.0 Å². The van der Waals surface area contributed by atoms with Gasteiger partial charge in [0, 0.05) is 36.2 Å². The summed E-state index contributed by atoms with van der Waals surface area (Å²) in [5.74, 6) is -0.229. The van der Waals surface area contributed by atoms with Crippen molar-refractivity contribution in [2.75, 3.05) is 24.9 Å². The zero-order valence-corrected chi connectivity index (χ0v) is 19.2. The lowest BCUT2D eigenvalue weighted by Gasteiger charge is -2.37. The van der Waals surface area contributed by atoms with Crippen LogP contribution in [0.15, 0.2) is 35.2 Å². The number of benzene rings is 2. The average molecular weight is 479 g/mol. The van der Waals surface area contributed by atoms with Crippen LogP contribution in [0, 0.1) is 5.82 Å². The number of ether oxygens (including phenoxy) is 1. The summed E-state index contributed by atoms with van der Waals surface area (Å²) in [5, 5.41) is 0.113. The first kappa shape index (κ1) is 21.7. The molecule has 1 spiro atoms. The number of anilines is 1. The molecule has 6 nitrogen and oxygen atoms in total. The largest absolute Gasteiger partial charge is 0.489 e. The summed E-state index contributed by atoms with van der Waals surface area (Å²) >= 11 is 5.76. The van der Waals surface area contributed by atoms with Gasteiger partial charge in [0.15, 0.2) is 0 Å². The van der Waals surface area contributed by atoms with Crippen LogP contribution < -0.4 is 9.46 Å². The molecule has 0 aromatic heterocycles. The third-order valence-electron chi connectivity index (χ3n) is 6.88. The van der Waals surface area contributed by atoms with Crippen LogP contribution in [0.5, 0.6) is 5.75 Å². The lowest BCUT2D eigenvalue weighted by Crippen LogP contribution is -2.39. The van der Waals surface area contributed by atoms with E-state index in [2.05, 4.69) is 9.62 Å². The number of rotatable bonds is 5. The van der Waals surface area contributed by atoms with Crippen molar-refractivity contribution in [3.63, 3.8) is 0 Å². The number of likely N-dealkylation sites (N-methyl/N-ethyl adjacent to an activating group) is 1. The molecule has 1 atom stereocenters. The van der Waals surface area contributed by atoms with Gasteiger partial charge in [-0.15, -0.1) is 0 Å². The molecule has 2 fully saturated rings. The highest BCUT2D eigenvalue weighted by Gasteiger charge is 2.51. The number of hydrogen-bond donors (Lipinski definition) is 1. The van der Waals surface area contributed by atoms with Crippen LogP contribution in [0.1, 0.15) is 36.8 Å². The first-order valence-corrected chi connectivity index (χ1v) is 12.6. The minimum Gasteiger partial charge on any atom is -0.489 e. The number of hydrogen-bond acceptors (Lipinski definition) is 5. The van der Waals surface area contributed by atoms with Gasteiger partial charge in [-0.1, -0.05) is 18.0 Å². The minimum atomic E-state index is -4.20. The molecule has 5 rings (SSSR count). The Balaban J connectivity index is 1.54. The van der Waals surface area contributed by atoms with Gasteiger partial charge in [-0.2, -0.15) is 0 Å². The second-order valence-corrected chi connectivity index (χ2v) is 11.1. The van der Waals surface area contributed by atoms with E-state index < -0.39 is 26.2 Å². The van der Waals surface area contributed by atoms with E-state index in [1.54, 1.807) is 12.1 Å². The molecule has 2 aromatic carbocycles. The number of halogens is 2. The predicted molar refractivity (Wildman–Crippen MR) is 119 cm³/mol. The van der Waals surface area contributed by atoms with Crippen LogP contribution in [-0.2, 0) is 26.7 Å². The van der Waals surface area contributed by atoms with Crippen molar-refractivity contribution in [2.24, 2.45) is 0 Å². The Bertz CT molecular complexity index is 1210. The molecule has 170 valence electrons. The second-order valence-electron chi connectivity index (χ2n) is 9.01.